The van der Waals surface area contributed by atoms with Crippen LogP contribution in [-0.2, 0) is 20.9 Å². The van der Waals surface area contributed by atoms with Crippen molar-refractivity contribution in [3.8, 4) is 16.9 Å². The van der Waals surface area contributed by atoms with Crippen molar-refractivity contribution >= 4 is 22.6 Å². The van der Waals surface area contributed by atoms with Gasteiger partial charge in [-0.15, -0.1) is 0 Å². The van der Waals surface area contributed by atoms with Crippen LogP contribution in [0.15, 0.2) is 36.8 Å². The summed E-state index contributed by atoms with van der Waals surface area (Å²) in [5.41, 5.74) is 3.39. The second-order valence-electron chi connectivity index (χ2n) is 10.2. The number of aliphatic hydroxyl groups is 1. The van der Waals surface area contributed by atoms with Gasteiger partial charge in [0.2, 0.25) is 0 Å². The molecule has 38 heavy (non-hydrogen) atoms. The van der Waals surface area contributed by atoms with Crippen LogP contribution >= 0.6 is 0 Å². The zero-order valence-electron chi connectivity index (χ0n) is 21.3. The van der Waals surface area contributed by atoms with E-state index in [2.05, 4.69) is 31.7 Å². The summed E-state index contributed by atoms with van der Waals surface area (Å²) in [7, 11) is 0. The van der Waals surface area contributed by atoms with E-state index < -0.39 is 6.10 Å². The van der Waals surface area contributed by atoms with Crippen LogP contribution in [0.4, 0.5) is 5.69 Å². The zero-order chi connectivity index (χ0) is 25.9. The number of esters is 1. The van der Waals surface area contributed by atoms with Crippen LogP contribution in [0.2, 0.25) is 0 Å². The zero-order valence-corrected chi connectivity index (χ0v) is 21.3. The van der Waals surface area contributed by atoms with Gasteiger partial charge in [0, 0.05) is 41.4 Å². The van der Waals surface area contributed by atoms with Crippen LogP contribution < -0.4 is 15.4 Å². The minimum absolute atomic E-state index is 0.136. The van der Waals surface area contributed by atoms with Gasteiger partial charge in [0.05, 0.1) is 42.8 Å². The molecule has 1 aromatic carbocycles. The highest BCUT2D eigenvalue weighted by molar-refractivity contribution is 5.94. The summed E-state index contributed by atoms with van der Waals surface area (Å²) in [5, 5.41) is 17.7. The van der Waals surface area contributed by atoms with Gasteiger partial charge in [-0.05, 0) is 56.8 Å². The van der Waals surface area contributed by atoms with Crippen molar-refractivity contribution in [2.75, 3.05) is 25.1 Å². The Hall–Kier alpha value is -3.34. The molecule has 2 aromatic heterocycles. The molecule has 1 saturated heterocycles. The first-order chi connectivity index (χ1) is 18.6. The monoisotopic (exact) mass is 519 g/mol. The minimum atomic E-state index is -0.409. The third kappa shape index (κ3) is 5.43. The van der Waals surface area contributed by atoms with E-state index in [-0.39, 0.29) is 30.8 Å². The summed E-state index contributed by atoms with van der Waals surface area (Å²) in [5.74, 6) is 1.06. The molecule has 3 aliphatic rings. The number of anilines is 1. The standard InChI is InChI=1S/C28H33N5O5/c34-24-3-1-4-25(24)38-16-26-31-13-17(14-32-26)20-5-6-22-21-11-19(15-30-22)33-18-7-8-29-23(12-18)28(35)37-10-2-9-36-27(20)21/h5-6,11,13-15,18,23-25,29,33-34H,1-4,7-10,12,16H2/t18-,23-,24-,25-/m0/s1. The van der Waals surface area contributed by atoms with Crippen molar-refractivity contribution in [1.29, 1.82) is 0 Å². The number of rotatable bonds is 4. The summed E-state index contributed by atoms with van der Waals surface area (Å²) in [6.07, 6.45) is 9.56. The van der Waals surface area contributed by atoms with Gasteiger partial charge in [0.15, 0.2) is 5.82 Å². The maximum Gasteiger partial charge on any atom is 0.323 e. The van der Waals surface area contributed by atoms with E-state index in [1.54, 1.807) is 12.4 Å². The van der Waals surface area contributed by atoms with E-state index in [0.29, 0.717) is 37.6 Å². The van der Waals surface area contributed by atoms with Gasteiger partial charge in [0.1, 0.15) is 18.4 Å². The number of hydrogen-bond acceptors (Lipinski definition) is 10. The number of fused-ring (bicyclic) bond motifs is 3. The summed E-state index contributed by atoms with van der Waals surface area (Å²) in [6.45, 7) is 1.69. The largest absolute Gasteiger partial charge is 0.492 e. The Labute approximate surface area is 221 Å². The second kappa shape index (κ2) is 11.2. The number of aliphatic hydroxyl groups excluding tert-OH is 1. The van der Waals surface area contributed by atoms with Crippen LogP contribution in [0.5, 0.6) is 5.75 Å². The van der Waals surface area contributed by atoms with E-state index in [9.17, 15) is 9.90 Å². The van der Waals surface area contributed by atoms with Crippen molar-refractivity contribution < 1.29 is 24.1 Å². The highest BCUT2D eigenvalue weighted by Crippen LogP contribution is 2.37. The van der Waals surface area contributed by atoms with Crippen LogP contribution in [0, 0.1) is 0 Å². The molecule has 0 radical (unpaired) electrons. The first-order valence-corrected chi connectivity index (χ1v) is 13.5. The van der Waals surface area contributed by atoms with Gasteiger partial charge in [0.25, 0.3) is 0 Å². The molecule has 2 aliphatic heterocycles. The fourth-order valence-corrected chi connectivity index (χ4v) is 5.46. The molecule has 4 bridgehead atoms. The van der Waals surface area contributed by atoms with Crippen LogP contribution in [0.25, 0.3) is 22.0 Å². The third-order valence-corrected chi connectivity index (χ3v) is 7.51. The quantitative estimate of drug-likeness (QED) is 0.443. The second-order valence-corrected chi connectivity index (χ2v) is 10.2. The first kappa shape index (κ1) is 25.0. The van der Waals surface area contributed by atoms with Gasteiger partial charge in [-0.2, -0.15) is 0 Å². The lowest BCUT2D eigenvalue weighted by atomic mass is 9.99. The molecule has 10 nitrogen and oxygen atoms in total. The van der Waals surface area contributed by atoms with E-state index in [1.165, 1.54) is 0 Å². The number of carbonyl (C=O) groups excluding carboxylic acids is 1. The molecule has 3 N–H and O–H groups in total. The minimum Gasteiger partial charge on any atom is -0.492 e. The topological polar surface area (TPSA) is 128 Å². The molecule has 0 spiro atoms. The van der Waals surface area contributed by atoms with Gasteiger partial charge in [-0.3, -0.25) is 9.78 Å². The van der Waals surface area contributed by atoms with Crippen LogP contribution in [0.1, 0.15) is 44.3 Å². The van der Waals surface area contributed by atoms with Crippen molar-refractivity contribution in [3.05, 3.63) is 42.6 Å². The Kier molecular flexibility index (Phi) is 7.35. The van der Waals surface area contributed by atoms with Crippen LogP contribution in [0.3, 0.4) is 0 Å². The highest BCUT2D eigenvalue weighted by atomic mass is 16.5. The SMILES string of the molecule is O=C1OCCCOc2c(-c3cnc(CO[C@H]4CCC[C@@H]4O)nc3)ccc3ncc(cc23)N[C@H]2CCN[C@H]1C2. The molecule has 4 atom stereocenters. The van der Waals surface area contributed by atoms with E-state index in [4.69, 9.17) is 14.2 Å². The molecule has 6 rings (SSSR count). The van der Waals surface area contributed by atoms with E-state index in [0.717, 1.165) is 59.9 Å². The fourth-order valence-electron chi connectivity index (χ4n) is 5.46. The first-order valence-electron chi connectivity index (χ1n) is 13.5. The molecule has 3 aromatic rings. The number of cyclic esters (lactones) is 1. The lowest BCUT2D eigenvalue weighted by Crippen LogP contribution is -2.48. The number of nitrogens with zero attached hydrogens (tertiary/aromatic N) is 3. The third-order valence-electron chi connectivity index (χ3n) is 7.51. The number of carbonyl (C=O) groups is 1. The average molecular weight is 520 g/mol. The Bertz CT molecular complexity index is 1290. The molecule has 1 aliphatic carbocycles. The summed E-state index contributed by atoms with van der Waals surface area (Å²) >= 11 is 0. The van der Waals surface area contributed by atoms with Crippen molar-refractivity contribution in [2.45, 2.75) is 69.4 Å². The van der Waals surface area contributed by atoms with Crippen molar-refractivity contribution in [2.24, 2.45) is 0 Å². The van der Waals surface area contributed by atoms with Crippen molar-refractivity contribution in [3.63, 3.8) is 0 Å². The summed E-state index contributed by atoms with van der Waals surface area (Å²) in [4.78, 5) is 26.2. The number of aromatic nitrogens is 3. The molecular formula is C28H33N5O5. The normalized spacial score (nSPS) is 25.9. The molecule has 10 heteroatoms. The summed E-state index contributed by atoms with van der Waals surface area (Å²) in [6, 6.07) is 5.85. The van der Waals surface area contributed by atoms with Gasteiger partial charge >= 0.3 is 5.97 Å². The Balaban J connectivity index is 1.28. The van der Waals surface area contributed by atoms with E-state index in [1.807, 2.05) is 18.3 Å². The lowest BCUT2D eigenvalue weighted by Gasteiger charge is -2.30. The highest BCUT2D eigenvalue weighted by Gasteiger charge is 2.29. The Morgan fingerprint density at radius 1 is 1.03 bits per heavy atom. The molecule has 2 fully saturated rings. The van der Waals surface area contributed by atoms with Gasteiger partial charge in [-0.25, -0.2) is 9.97 Å². The average Bonchev–Trinajstić information content (AvgIpc) is 3.36. The molecular weight excluding hydrogens is 486 g/mol. The van der Waals surface area contributed by atoms with Crippen molar-refractivity contribution in [1.82, 2.24) is 20.3 Å². The number of ether oxygens (including phenoxy) is 3. The number of nitrogens with one attached hydrogen (secondary N) is 2. The maximum absolute atomic E-state index is 12.5. The molecule has 200 valence electrons. The number of hydrogen-bond donors (Lipinski definition) is 3. The van der Waals surface area contributed by atoms with Gasteiger partial charge < -0.3 is 30.0 Å². The molecule has 0 amide bonds. The Morgan fingerprint density at radius 2 is 1.89 bits per heavy atom. The molecule has 4 heterocycles. The fraction of sp³-hybridized carbons (Fsp3) is 0.500. The van der Waals surface area contributed by atoms with Gasteiger partial charge in [-0.1, -0.05) is 0 Å². The smallest absolute Gasteiger partial charge is 0.323 e. The number of benzene rings is 1. The predicted molar refractivity (Wildman–Crippen MR) is 141 cm³/mol. The lowest BCUT2D eigenvalue weighted by molar-refractivity contribution is -0.147. The van der Waals surface area contributed by atoms with Crippen LogP contribution in [-0.4, -0.2) is 70.1 Å². The Morgan fingerprint density at radius 3 is 2.74 bits per heavy atom. The maximum atomic E-state index is 12.5. The predicted octanol–water partition coefficient (Wildman–Crippen LogP) is 2.98. The number of pyridine rings is 1. The van der Waals surface area contributed by atoms with E-state index >= 15 is 0 Å². The molecule has 0 unspecified atom stereocenters. The summed E-state index contributed by atoms with van der Waals surface area (Å²) < 4.78 is 17.7. The molecule has 1 saturated carbocycles. The number of piperidine rings is 1.